The molecule has 4 nitrogen and oxygen atoms in total. The number of rotatable bonds is 4. The first-order valence-electron chi connectivity index (χ1n) is 7.75. The van der Waals surface area contributed by atoms with Crippen molar-refractivity contribution in [3.05, 3.63) is 29.8 Å². The van der Waals surface area contributed by atoms with E-state index in [1.165, 1.54) is 0 Å². The Hall–Kier alpha value is -1.26. The number of hydrogen-bond donors (Lipinski definition) is 1. The Balaban J connectivity index is 0.00000242. The zero-order chi connectivity index (χ0) is 15.4. The van der Waals surface area contributed by atoms with Crippen LogP contribution in [0.15, 0.2) is 24.3 Å². The van der Waals surface area contributed by atoms with Crippen molar-refractivity contribution in [2.75, 3.05) is 13.1 Å². The molecule has 1 aromatic rings. The summed E-state index contributed by atoms with van der Waals surface area (Å²) in [4.78, 5) is 14.4. The van der Waals surface area contributed by atoms with Gasteiger partial charge in [-0.15, -0.1) is 12.4 Å². The maximum Gasteiger partial charge on any atom is 0.263 e. The van der Waals surface area contributed by atoms with Gasteiger partial charge in [-0.05, 0) is 57.2 Å². The molecule has 1 heterocycles. The number of carbonyl (C=O) groups is 1. The third-order valence-corrected chi connectivity index (χ3v) is 4.16. The number of carbonyl (C=O) groups excluding carboxylic acids is 1. The summed E-state index contributed by atoms with van der Waals surface area (Å²) in [5, 5.41) is 0. The van der Waals surface area contributed by atoms with Gasteiger partial charge in [-0.1, -0.05) is 12.1 Å². The fraction of sp³-hybridized carbons (Fsp3) is 0.588. The molecular weight excluding hydrogens is 300 g/mol. The van der Waals surface area contributed by atoms with Gasteiger partial charge >= 0.3 is 0 Å². The second-order valence-corrected chi connectivity index (χ2v) is 6.12. The highest BCUT2D eigenvalue weighted by molar-refractivity contribution is 5.85. The van der Waals surface area contributed by atoms with E-state index >= 15 is 0 Å². The van der Waals surface area contributed by atoms with Crippen LogP contribution < -0.4 is 10.5 Å². The fourth-order valence-electron chi connectivity index (χ4n) is 2.84. The van der Waals surface area contributed by atoms with Gasteiger partial charge in [0, 0.05) is 19.1 Å². The smallest absolute Gasteiger partial charge is 0.263 e. The number of piperidine rings is 1. The van der Waals surface area contributed by atoms with Crippen molar-refractivity contribution in [3.8, 4) is 5.75 Å². The molecule has 22 heavy (non-hydrogen) atoms. The molecule has 1 saturated heterocycles. The highest BCUT2D eigenvalue weighted by Crippen LogP contribution is 2.21. The predicted molar refractivity (Wildman–Crippen MR) is 91.5 cm³/mol. The van der Waals surface area contributed by atoms with E-state index in [1.807, 2.05) is 49.9 Å². The Morgan fingerprint density at radius 3 is 2.77 bits per heavy atom. The molecule has 1 aromatic carbocycles. The second-order valence-electron chi connectivity index (χ2n) is 6.12. The molecule has 0 saturated carbocycles. The average Bonchev–Trinajstić information content (AvgIpc) is 2.46. The summed E-state index contributed by atoms with van der Waals surface area (Å²) in [6, 6.07) is 7.92. The van der Waals surface area contributed by atoms with Crippen molar-refractivity contribution < 1.29 is 9.53 Å². The third kappa shape index (κ3) is 4.89. The first-order valence-corrected chi connectivity index (χ1v) is 7.75. The van der Waals surface area contributed by atoms with E-state index in [2.05, 4.69) is 0 Å². The summed E-state index contributed by atoms with van der Waals surface area (Å²) in [5.41, 5.74) is 7.10. The highest BCUT2D eigenvalue weighted by atomic mass is 35.5. The largest absolute Gasteiger partial charge is 0.481 e. The topological polar surface area (TPSA) is 55.6 Å². The lowest BCUT2D eigenvalue weighted by molar-refractivity contribution is -0.139. The molecule has 0 bridgehead atoms. The van der Waals surface area contributed by atoms with E-state index < -0.39 is 6.10 Å². The summed E-state index contributed by atoms with van der Waals surface area (Å²) in [6.45, 7) is 7.41. The van der Waals surface area contributed by atoms with Gasteiger partial charge in [0.05, 0.1) is 0 Å². The molecule has 0 radical (unpaired) electrons. The Morgan fingerprint density at radius 1 is 1.41 bits per heavy atom. The zero-order valence-corrected chi connectivity index (χ0v) is 14.4. The Labute approximate surface area is 139 Å². The number of amides is 1. The minimum atomic E-state index is -0.460. The van der Waals surface area contributed by atoms with E-state index in [0.29, 0.717) is 5.92 Å². The summed E-state index contributed by atoms with van der Waals surface area (Å²) < 4.78 is 5.78. The molecule has 1 aliphatic heterocycles. The standard InChI is InChI=1S/C17H26N2O2.ClH/c1-12-6-4-8-16(10-12)21-14(3)17(20)19-9-5-7-15(11-19)13(2)18;/h4,6,8,10,13-15H,5,7,9,11,18H2,1-3H3;1H. The SMILES string of the molecule is Cc1cccc(OC(C)C(=O)N2CCCC(C(C)N)C2)c1.Cl. The van der Waals surface area contributed by atoms with E-state index in [1.54, 1.807) is 0 Å². The number of aryl methyl sites for hydroxylation is 1. The van der Waals surface area contributed by atoms with Gasteiger partial charge in [0.15, 0.2) is 6.10 Å². The summed E-state index contributed by atoms with van der Waals surface area (Å²) in [6.07, 6.45) is 1.67. The first-order chi connectivity index (χ1) is 9.97. The normalized spacial score (nSPS) is 20.7. The van der Waals surface area contributed by atoms with Crippen LogP contribution in [0.5, 0.6) is 5.75 Å². The molecular formula is C17H27ClN2O2. The van der Waals surface area contributed by atoms with E-state index in [-0.39, 0.29) is 24.4 Å². The molecule has 0 aromatic heterocycles. The summed E-state index contributed by atoms with van der Waals surface area (Å²) in [5.74, 6) is 1.20. The molecule has 0 aliphatic carbocycles. The summed E-state index contributed by atoms with van der Waals surface area (Å²) >= 11 is 0. The lowest BCUT2D eigenvalue weighted by atomic mass is 9.92. The van der Waals surface area contributed by atoms with Crippen molar-refractivity contribution in [2.45, 2.75) is 45.8 Å². The molecule has 124 valence electrons. The number of halogens is 1. The third-order valence-electron chi connectivity index (χ3n) is 4.16. The van der Waals surface area contributed by atoms with E-state index in [9.17, 15) is 4.79 Å². The van der Waals surface area contributed by atoms with Gasteiger partial charge in [-0.2, -0.15) is 0 Å². The van der Waals surface area contributed by atoms with Crippen molar-refractivity contribution in [2.24, 2.45) is 11.7 Å². The number of ether oxygens (including phenoxy) is 1. The number of likely N-dealkylation sites (tertiary alicyclic amines) is 1. The second kappa shape index (κ2) is 8.39. The molecule has 3 atom stereocenters. The van der Waals surface area contributed by atoms with Crippen molar-refractivity contribution in [3.63, 3.8) is 0 Å². The molecule has 3 unspecified atom stereocenters. The van der Waals surface area contributed by atoms with Crippen LogP contribution in [0, 0.1) is 12.8 Å². The van der Waals surface area contributed by atoms with Crippen LogP contribution in [0.3, 0.4) is 0 Å². The van der Waals surface area contributed by atoms with Crippen LogP contribution in [-0.4, -0.2) is 36.0 Å². The minimum Gasteiger partial charge on any atom is -0.481 e. The van der Waals surface area contributed by atoms with Crippen LogP contribution in [0.25, 0.3) is 0 Å². The Kier molecular flexibility index (Phi) is 7.17. The van der Waals surface area contributed by atoms with Gasteiger partial charge in [0.1, 0.15) is 5.75 Å². The van der Waals surface area contributed by atoms with Gasteiger partial charge < -0.3 is 15.4 Å². The Morgan fingerprint density at radius 2 is 2.14 bits per heavy atom. The van der Waals surface area contributed by atoms with Crippen molar-refractivity contribution in [1.82, 2.24) is 4.90 Å². The molecule has 2 rings (SSSR count). The predicted octanol–water partition coefficient (Wildman–Crippen LogP) is 2.77. The maximum atomic E-state index is 12.5. The maximum absolute atomic E-state index is 12.5. The van der Waals surface area contributed by atoms with Gasteiger partial charge in [0.25, 0.3) is 5.91 Å². The molecule has 1 amide bonds. The van der Waals surface area contributed by atoms with Crippen LogP contribution in [0.4, 0.5) is 0 Å². The fourth-order valence-corrected chi connectivity index (χ4v) is 2.84. The minimum absolute atomic E-state index is 0. The molecule has 0 spiro atoms. The van der Waals surface area contributed by atoms with Crippen LogP contribution in [-0.2, 0) is 4.79 Å². The lowest BCUT2D eigenvalue weighted by Gasteiger charge is -2.35. The lowest BCUT2D eigenvalue weighted by Crippen LogP contribution is -2.48. The molecule has 2 N–H and O–H groups in total. The quantitative estimate of drug-likeness (QED) is 0.925. The number of nitrogens with two attached hydrogens (primary N) is 1. The van der Waals surface area contributed by atoms with Crippen LogP contribution >= 0.6 is 12.4 Å². The van der Waals surface area contributed by atoms with Crippen LogP contribution in [0.2, 0.25) is 0 Å². The van der Waals surface area contributed by atoms with Crippen LogP contribution in [0.1, 0.15) is 32.3 Å². The zero-order valence-electron chi connectivity index (χ0n) is 13.6. The molecule has 1 aliphatic rings. The van der Waals surface area contributed by atoms with Gasteiger partial charge in [0.2, 0.25) is 0 Å². The number of benzene rings is 1. The monoisotopic (exact) mass is 326 g/mol. The number of hydrogen-bond acceptors (Lipinski definition) is 3. The van der Waals surface area contributed by atoms with Gasteiger partial charge in [-0.25, -0.2) is 0 Å². The Bertz CT molecular complexity index is 493. The average molecular weight is 327 g/mol. The van der Waals surface area contributed by atoms with Crippen molar-refractivity contribution in [1.29, 1.82) is 0 Å². The summed E-state index contributed by atoms with van der Waals surface area (Å²) in [7, 11) is 0. The highest BCUT2D eigenvalue weighted by Gasteiger charge is 2.29. The number of nitrogens with zero attached hydrogens (tertiary/aromatic N) is 1. The molecule has 1 fully saturated rings. The van der Waals surface area contributed by atoms with Gasteiger partial charge in [-0.3, -0.25) is 4.79 Å². The van der Waals surface area contributed by atoms with Crippen molar-refractivity contribution >= 4 is 18.3 Å². The first kappa shape index (κ1) is 18.8. The molecule has 5 heteroatoms. The van der Waals surface area contributed by atoms with E-state index in [0.717, 1.165) is 37.2 Å². The van der Waals surface area contributed by atoms with E-state index in [4.69, 9.17) is 10.5 Å².